The van der Waals surface area contributed by atoms with Crippen LogP contribution in [0, 0.1) is 0 Å². The van der Waals surface area contributed by atoms with Crippen molar-refractivity contribution in [2.75, 3.05) is 0 Å². The van der Waals surface area contributed by atoms with Gasteiger partial charge in [-0.25, -0.2) is 4.98 Å². The van der Waals surface area contributed by atoms with Crippen LogP contribution in [-0.4, -0.2) is 10.8 Å². The van der Waals surface area contributed by atoms with Gasteiger partial charge in [-0.15, -0.1) is 0 Å². The molecule has 5 heteroatoms. The zero-order valence-corrected chi connectivity index (χ0v) is 8.06. The Labute approximate surface area is 78.2 Å². The second-order valence-electron chi connectivity index (χ2n) is 1.86. The summed E-state index contributed by atoms with van der Waals surface area (Å²) in [7, 11) is 0. The summed E-state index contributed by atoms with van der Waals surface area (Å²) in [5.74, 6) is -0.0144. The number of hydrogen-bond acceptors (Lipinski definition) is 3. The number of nitrogens with zero attached hydrogens (tertiary/aromatic N) is 1. The van der Waals surface area contributed by atoms with Gasteiger partial charge in [0, 0.05) is 6.42 Å². The number of aromatic nitrogens is 1. The summed E-state index contributed by atoms with van der Waals surface area (Å²) in [4.78, 5) is 15.2. The lowest BCUT2D eigenvalue weighted by Crippen LogP contribution is -1.92. The molecule has 11 heavy (non-hydrogen) atoms. The number of halogens is 2. The Kier molecular flexibility index (Phi) is 2.87. The minimum atomic E-state index is -0.0144. The third-order valence-electron chi connectivity index (χ3n) is 1.13. The molecule has 60 valence electrons. The van der Waals surface area contributed by atoms with E-state index in [4.69, 9.17) is 23.2 Å². The summed E-state index contributed by atoms with van der Waals surface area (Å²) < 4.78 is 0.312. The predicted molar refractivity (Wildman–Crippen MR) is 46.8 cm³/mol. The van der Waals surface area contributed by atoms with Crippen LogP contribution in [0.4, 0.5) is 0 Å². The molecule has 0 atom stereocenters. The molecule has 0 aromatic carbocycles. The molecule has 0 saturated carbocycles. The molecule has 0 bridgehead atoms. The molecule has 1 heterocycles. The number of hydrogen-bond donors (Lipinski definition) is 0. The molecule has 1 aromatic rings. The average molecular weight is 210 g/mol. The first-order chi connectivity index (χ1) is 5.15. The first-order valence-electron chi connectivity index (χ1n) is 3.00. The molecule has 0 aliphatic heterocycles. The second kappa shape index (κ2) is 3.52. The molecule has 0 spiro atoms. The standard InChI is InChI=1S/C6H5Cl2NOS/c1-2-3(10)4-5(7)9-6(8)11-4/h2H2,1H3. The number of ketones is 1. The van der Waals surface area contributed by atoms with E-state index >= 15 is 0 Å². The molecule has 0 amide bonds. The summed E-state index contributed by atoms with van der Waals surface area (Å²) in [6, 6.07) is 0. The molecule has 0 fully saturated rings. The van der Waals surface area contributed by atoms with Crippen LogP contribution in [0.1, 0.15) is 23.0 Å². The van der Waals surface area contributed by atoms with Gasteiger partial charge in [0.1, 0.15) is 4.88 Å². The molecule has 0 N–H and O–H groups in total. The van der Waals surface area contributed by atoms with Crippen molar-refractivity contribution in [1.82, 2.24) is 4.98 Å². The van der Waals surface area contributed by atoms with Gasteiger partial charge in [0.2, 0.25) is 0 Å². The lowest BCUT2D eigenvalue weighted by Gasteiger charge is -1.88. The molecule has 0 aliphatic carbocycles. The SMILES string of the molecule is CCC(=O)c1sc(Cl)nc1Cl. The highest BCUT2D eigenvalue weighted by Crippen LogP contribution is 2.27. The van der Waals surface area contributed by atoms with E-state index in [-0.39, 0.29) is 10.9 Å². The van der Waals surface area contributed by atoms with E-state index in [9.17, 15) is 4.79 Å². The zero-order chi connectivity index (χ0) is 8.43. The van der Waals surface area contributed by atoms with Gasteiger partial charge >= 0.3 is 0 Å². The van der Waals surface area contributed by atoms with Crippen LogP contribution in [-0.2, 0) is 0 Å². The molecule has 0 aliphatic rings. The van der Waals surface area contributed by atoms with Gasteiger partial charge in [0.05, 0.1) is 0 Å². The molecular formula is C6H5Cl2NOS. The number of thiazole rings is 1. The van der Waals surface area contributed by atoms with Crippen molar-refractivity contribution >= 4 is 40.3 Å². The van der Waals surface area contributed by atoms with E-state index in [0.717, 1.165) is 11.3 Å². The van der Waals surface area contributed by atoms with Crippen molar-refractivity contribution in [2.45, 2.75) is 13.3 Å². The molecule has 2 nitrogen and oxygen atoms in total. The van der Waals surface area contributed by atoms with Gasteiger partial charge in [-0.05, 0) is 0 Å². The van der Waals surface area contributed by atoms with Gasteiger partial charge in [0.15, 0.2) is 15.4 Å². The maximum atomic E-state index is 11.1. The van der Waals surface area contributed by atoms with Crippen molar-refractivity contribution in [3.63, 3.8) is 0 Å². The van der Waals surface area contributed by atoms with Crippen LogP contribution >= 0.6 is 34.5 Å². The monoisotopic (exact) mass is 209 g/mol. The quantitative estimate of drug-likeness (QED) is 0.702. The molecular weight excluding hydrogens is 205 g/mol. The van der Waals surface area contributed by atoms with Crippen molar-refractivity contribution in [3.05, 3.63) is 14.5 Å². The lowest BCUT2D eigenvalue weighted by atomic mass is 10.3. The highest BCUT2D eigenvalue weighted by Gasteiger charge is 2.13. The fourth-order valence-corrected chi connectivity index (χ4v) is 2.02. The smallest absolute Gasteiger partial charge is 0.185 e. The van der Waals surface area contributed by atoms with Crippen LogP contribution in [0.25, 0.3) is 0 Å². The lowest BCUT2D eigenvalue weighted by molar-refractivity contribution is 0.0992. The Hall–Kier alpha value is -0.120. The third kappa shape index (κ3) is 1.92. The van der Waals surface area contributed by atoms with E-state index in [1.807, 2.05) is 0 Å². The normalized spacial score (nSPS) is 10.1. The fraction of sp³-hybridized carbons (Fsp3) is 0.333. The van der Waals surface area contributed by atoms with Crippen LogP contribution < -0.4 is 0 Å². The highest BCUT2D eigenvalue weighted by molar-refractivity contribution is 7.18. The molecule has 0 saturated heterocycles. The Morgan fingerprint density at radius 3 is 2.64 bits per heavy atom. The van der Waals surface area contributed by atoms with Gasteiger partial charge in [-0.1, -0.05) is 41.5 Å². The first-order valence-corrected chi connectivity index (χ1v) is 4.57. The topological polar surface area (TPSA) is 30.0 Å². The maximum Gasteiger partial charge on any atom is 0.185 e. The van der Waals surface area contributed by atoms with Crippen LogP contribution in [0.15, 0.2) is 0 Å². The Balaban J connectivity index is 3.03. The Morgan fingerprint density at radius 1 is 1.64 bits per heavy atom. The largest absolute Gasteiger partial charge is 0.293 e. The summed E-state index contributed by atoms with van der Waals surface area (Å²) in [6.07, 6.45) is 0.429. The molecule has 0 radical (unpaired) electrons. The first kappa shape index (κ1) is 8.97. The van der Waals surface area contributed by atoms with E-state index in [1.165, 1.54) is 0 Å². The zero-order valence-electron chi connectivity index (χ0n) is 5.73. The van der Waals surface area contributed by atoms with Crippen molar-refractivity contribution in [3.8, 4) is 0 Å². The van der Waals surface area contributed by atoms with Crippen molar-refractivity contribution in [2.24, 2.45) is 0 Å². The van der Waals surface area contributed by atoms with E-state index < -0.39 is 0 Å². The summed E-state index contributed by atoms with van der Waals surface area (Å²) in [5.41, 5.74) is 0. The Morgan fingerprint density at radius 2 is 2.27 bits per heavy atom. The Bertz CT molecular complexity index is 284. The van der Waals surface area contributed by atoms with Gasteiger partial charge in [-0.2, -0.15) is 0 Å². The van der Waals surface area contributed by atoms with Crippen molar-refractivity contribution in [1.29, 1.82) is 0 Å². The third-order valence-corrected chi connectivity index (χ3v) is 2.72. The summed E-state index contributed by atoms with van der Waals surface area (Å²) in [5, 5.41) is 0.215. The summed E-state index contributed by atoms with van der Waals surface area (Å²) in [6.45, 7) is 1.77. The minimum Gasteiger partial charge on any atom is -0.293 e. The van der Waals surface area contributed by atoms with Gasteiger partial charge in [-0.3, -0.25) is 4.79 Å². The van der Waals surface area contributed by atoms with Crippen LogP contribution in [0.2, 0.25) is 9.62 Å². The van der Waals surface area contributed by atoms with E-state index in [2.05, 4.69) is 4.98 Å². The number of Topliss-reactive ketones (excluding diaryl/α,β-unsaturated/α-hetero) is 1. The minimum absolute atomic E-state index is 0.0144. The van der Waals surface area contributed by atoms with E-state index in [1.54, 1.807) is 6.92 Å². The van der Waals surface area contributed by atoms with Crippen LogP contribution in [0.5, 0.6) is 0 Å². The maximum absolute atomic E-state index is 11.1. The van der Waals surface area contributed by atoms with Crippen LogP contribution in [0.3, 0.4) is 0 Å². The number of carbonyl (C=O) groups is 1. The van der Waals surface area contributed by atoms with Gasteiger partial charge in [0.25, 0.3) is 0 Å². The van der Waals surface area contributed by atoms with Crippen molar-refractivity contribution < 1.29 is 4.79 Å². The van der Waals surface area contributed by atoms with Gasteiger partial charge < -0.3 is 0 Å². The number of rotatable bonds is 2. The van der Waals surface area contributed by atoms with E-state index in [0.29, 0.717) is 15.8 Å². The molecule has 1 aromatic heterocycles. The molecule has 0 unspecified atom stereocenters. The highest BCUT2D eigenvalue weighted by atomic mass is 35.5. The predicted octanol–water partition coefficient (Wildman–Crippen LogP) is 3.04. The fourth-order valence-electron chi connectivity index (χ4n) is 0.610. The second-order valence-corrected chi connectivity index (χ2v) is 3.80. The summed E-state index contributed by atoms with van der Waals surface area (Å²) >= 11 is 12.3. The molecule has 1 rings (SSSR count). The number of carbonyl (C=O) groups excluding carboxylic acids is 1. The average Bonchev–Trinajstić information content (AvgIpc) is 2.28.